The van der Waals surface area contributed by atoms with Crippen LogP contribution in [0.3, 0.4) is 0 Å². The van der Waals surface area contributed by atoms with Crippen LogP contribution in [0.25, 0.3) is 0 Å². The second-order valence-corrected chi connectivity index (χ2v) is 7.59. The van der Waals surface area contributed by atoms with E-state index in [9.17, 15) is 14.9 Å². The fourth-order valence-electron chi connectivity index (χ4n) is 2.52. The quantitative estimate of drug-likeness (QED) is 0.253. The molecule has 11 heteroatoms. The number of thioether (sulfide) groups is 1. The molecule has 2 aromatic carbocycles. The lowest BCUT2D eigenvalue weighted by molar-refractivity contribution is -0.385. The Morgan fingerprint density at radius 2 is 1.83 bits per heavy atom. The van der Waals surface area contributed by atoms with Gasteiger partial charge in [-0.2, -0.15) is 0 Å². The molecule has 9 nitrogen and oxygen atoms in total. The van der Waals surface area contributed by atoms with Gasteiger partial charge in [-0.05, 0) is 37.7 Å². The van der Waals surface area contributed by atoms with Gasteiger partial charge in [-0.1, -0.05) is 17.7 Å². The largest absolute Gasteiger partial charge is 0.495 e. The van der Waals surface area contributed by atoms with Gasteiger partial charge in [0.15, 0.2) is 10.9 Å². The van der Waals surface area contributed by atoms with Crippen molar-refractivity contribution in [2.24, 2.45) is 0 Å². The molecule has 0 radical (unpaired) electrons. The molecule has 0 spiro atoms. The van der Waals surface area contributed by atoms with Crippen molar-refractivity contribution in [1.29, 1.82) is 0 Å². The Morgan fingerprint density at radius 3 is 2.43 bits per heavy atom. The monoisotopic (exact) mass is 450 g/mol. The Morgan fingerprint density at radius 1 is 1.13 bits per heavy atom. The number of thiocarbonyl (C=S) groups is 1. The highest BCUT2D eigenvalue weighted by molar-refractivity contribution is 8.00. The number of methoxy groups -OCH3 is 2. The van der Waals surface area contributed by atoms with E-state index in [4.69, 9.17) is 21.7 Å². The zero-order valence-corrected chi connectivity index (χ0v) is 18.5. The van der Waals surface area contributed by atoms with Crippen molar-refractivity contribution in [3.63, 3.8) is 0 Å². The van der Waals surface area contributed by atoms with Crippen molar-refractivity contribution < 1.29 is 19.2 Å². The fourth-order valence-corrected chi connectivity index (χ4v) is 3.52. The first kappa shape index (κ1) is 23.2. The minimum Gasteiger partial charge on any atom is -0.495 e. The summed E-state index contributed by atoms with van der Waals surface area (Å²) in [5.74, 6) is 0.0429. The number of carbonyl (C=O) groups is 1. The van der Waals surface area contributed by atoms with Crippen LogP contribution in [0.2, 0.25) is 0 Å². The van der Waals surface area contributed by atoms with Crippen LogP contribution in [-0.4, -0.2) is 35.9 Å². The third-order valence-corrected chi connectivity index (χ3v) is 5.21. The number of hydrogen-bond acceptors (Lipinski definition) is 7. The van der Waals surface area contributed by atoms with Gasteiger partial charge < -0.3 is 14.8 Å². The Labute approximate surface area is 183 Å². The number of hydrazine groups is 1. The van der Waals surface area contributed by atoms with Gasteiger partial charge in [0.25, 0.3) is 0 Å². The van der Waals surface area contributed by atoms with Gasteiger partial charge in [0.05, 0.1) is 35.9 Å². The third-order valence-electron chi connectivity index (χ3n) is 3.97. The molecule has 0 atom stereocenters. The Kier molecular flexibility index (Phi) is 8.25. The molecule has 160 valence electrons. The molecule has 0 aliphatic heterocycles. The number of carbonyl (C=O) groups excluding carboxylic acids is 1. The second kappa shape index (κ2) is 10.6. The highest BCUT2D eigenvalue weighted by atomic mass is 32.2. The topological polar surface area (TPSA) is 115 Å². The van der Waals surface area contributed by atoms with E-state index in [0.717, 1.165) is 28.6 Å². The summed E-state index contributed by atoms with van der Waals surface area (Å²) in [4.78, 5) is 23.2. The summed E-state index contributed by atoms with van der Waals surface area (Å²) in [5, 5.41) is 14.4. The SMILES string of the molecule is COc1cc([N+](=O)[O-])c(OC)cc1SCC(=O)NNC(=S)Nc1ccc(C)cc1C. The summed E-state index contributed by atoms with van der Waals surface area (Å²) in [5.41, 5.74) is 7.94. The molecule has 0 heterocycles. The van der Waals surface area contributed by atoms with Gasteiger partial charge in [-0.3, -0.25) is 25.8 Å². The first-order valence-corrected chi connectivity index (χ1v) is 10.1. The van der Waals surface area contributed by atoms with Crippen LogP contribution in [0.4, 0.5) is 11.4 Å². The zero-order chi connectivity index (χ0) is 22.3. The van der Waals surface area contributed by atoms with E-state index in [2.05, 4.69) is 16.2 Å². The number of nitro benzene ring substituents is 1. The predicted octanol–water partition coefficient (Wildman–Crippen LogP) is 3.34. The number of anilines is 1. The number of nitrogens with one attached hydrogen (secondary N) is 3. The smallest absolute Gasteiger partial charge is 0.314 e. The number of amides is 1. The molecular formula is C19H22N4O5S2. The van der Waals surface area contributed by atoms with Crippen LogP contribution in [0.1, 0.15) is 11.1 Å². The van der Waals surface area contributed by atoms with E-state index < -0.39 is 4.92 Å². The van der Waals surface area contributed by atoms with Crippen molar-refractivity contribution in [2.45, 2.75) is 18.7 Å². The summed E-state index contributed by atoms with van der Waals surface area (Å²) in [6.45, 7) is 3.96. The van der Waals surface area contributed by atoms with Gasteiger partial charge in [-0.25, -0.2) is 0 Å². The lowest BCUT2D eigenvalue weighted by atomic mass is 10.1. The van der Waals surface area contributed by atoms with Gasteiger partial charge in [0.2, 0.25) is 5.91 Å². The standard InChI is InChI=1S/C19H22N4O5S2/c1-11-5-6-13(12(2)7-11)20-19(29)22-21-18(24)10-30-17-9-15(27-3)14(23(25)26)8-16(17)28-4/h5-9H,10H2,1-4H3,(H,21,24)(H2,20,22,29). The summed E-state index contributed by atoms with van der Waals surface area (Å²) in [6.07, 6.45) is 0. The maximum atomic E-state index is 12.2. The maximum Gasteiger partial charge on any atom is 0.314 e. The number of hydrogen-bond donors (Lipinski definition) is 3. The average molecular weight is 451 g/mol. The van der Waals surface area contributed by atoms with E-state index in [0.29, 0.717) is 4.90 Å². The summed E-state index contributed by atoms with van der Waals surface area (Å²) >= 11 is 6.34. The molecule has 0 aromatic heterocycles. The van der Waals surface area contributed by atoms with Crippen LogP contribution in [-0.2, 0) is 4.79 Å². The van der Waals surface area contributed by atoms with Crippen molar-refractivity contribution in [3.8, 4) is 11.5 Å². The van der Waals surface area contributed by atoms with E-state index in [1.54, 1.807) is 0 Å². The van der Waals surface area contributed by atoms with Gasteiger partial charge in [0.1, 0.15) is 5.75 Å². The van der Waals surface area contributed by atoms with E-state index in [1.807, 2.05) is 32.0 Å². The van der Waals surface area contributed by atoms with Crippen LogP contribution < -0.4 is 25.6 Å². The van der Waals surface area contributed by atoms with Gasteiger partial charge in [0, 0.05) is 11.8 Å². The predicted molar refractivity (Wildman–Crippen MR) is 120 cm³/mol. The molecule has 0 aliphatic carbocycles. The minimum atomic E-state index is -0.559. The van der Waals surface area contributed by atoms with E-state index in [1.165, 1.54) is 26.4 Å². The van der Waals surface area contributed by atoms with Crippen molar-refractivity contribution in [1.82, 2.24) is 10.9 Å². The van der Waals surface area contributed by atoms with Crippen molar-refractivity contribution in [2.75, 3.05) is 25.3 Å². The molecule has 0 unspecified atom stereocenters. The first-order chi connectivity index (χ1) is 14.2. The molecule has 3 N–H and O–H groups in total. The molecule has 2 rings (SSSR count). The molecular weight excluding hydrogens is 428 g/mol. The fraction of sp³-hybridized carbons (Fsp3) is 0.263. The molecule has 0 saturated carbocycles. The molecule has 0 aliphatic rings. The lowest BCUT2D eigenvalue weighted by Gasteiger charge is -2.14. The zero-order valence-electron chi connectivity index (χ0n) is 16.9. The number of benzene rings is 2. The number of nitrogens with zero attached hydrogens (tertiary/aromatic N) is 1. The van der Waals surface area contributed by atoms with Crippen LogP contribution >= 0.6 is 24.0 Å². The minimum absolute atomic E-state index is 0.0243. The first-order valence-electron chi connectivity index (χ1n) is 8.71. The molecule has 1 amide bonds. The molecule has 30 heavy (non-hydrogen) atoms. The van der Waals surface area contributed by atoms with Crippen LogP contribution in [0.5, 0.6) is 11.5 Å². The van der Waals surface area contributed by atoms with Crippen LogP contribution in [0.15, 0.2) is 35.2 Å². The highest BCUT2D eigenvalue weighted by Gasteiger charge is 2.20. The average Bonchev–Trinajstić information content (AvgIpc) is 2.71. The number of rotatable bonds is 7. The Bertz CT molecular complexity index is 968. The van der Waals surface area contributed by atoms with Crippen molar-refractivity contribution in [3.05, 3.63) is 51.6 Å². The molecule has 0 bridgehead atoms. The van der Waals surface area contributed by atoms with Crippen molar-refractivity contribution >= 4 is 46.4 Å². The van der Waals surface area contributed by atoms with Crippen LogP contribution in [0, 0.1) is 24.0 Å². The Balaban J connectivity index is 1.92. The summed E-state index contributed by atoms with van der Waals surface area (Å²) in [7, 11) is 2.73. The summed E-state index contributed by atoms with van der Waals surface area (Å²) in [6, 6.07) is 8.62. The molecule has 0 fully saturated rings. The van der Waals surface area contributed by atoms with Gasteiger partial charge >= 0.3 is 5.69 Å². The third kappa shape index (κ3) is 6.22. The van der Waals surface area contributed by atoms with E-state index >= 15 is 0 Å². The number of nitro groups is 1. The molecule has 2 aromatic rings. The maximum absolute atomic E-state index is 12.2. The highest BCUT2D eigenvalue weighted by Crippen LogP contribution is 2.39. The Hall–Kier alpha value is -3.05. The lowest BCUT2D eigenvalue weighted by Crippen LogP contribution is -2.44. The number of ether oxygens (including phenoxy) is 2. The number of aryl methyl sites for hydroxylation is 2. The molecule has 0 saturated heterocycles. The normalized spacial score (nSPS) is 10.1. The van der Waals surface area contributed by atoms with E-state index in [-0.39, 0.29) is 34.0 Å². The summed E-state index contributed by atoms with van der Waals surface area (Å²) < 4.78 is 10.3. The van der Waals surface area contributed by atoms with Gasteiger partial charge in [-0.15, -0.1) is 11.8 Å². The second-order valence-electron chi connectivity index (χ2n) is 6.17.